The van der Waals surface area contributed by atoms with E-state index in [1.54, 1.807) is 7.11 Å². The summed E-state index contributed by atoms with van der Waals surface area (Å²) in [5.41, 5.74) is 6.68. The first kappa shape index (κ1) is 34.1. The molecule has 0 aliphatic heterocycles. The molecule has 1 aromatic heterocycles. The molecule has 1 heterocycles. The fourth-order valence-corrected chi connectivity index (χ4v) is 7.95. The van der Waals surface area contributed by atoms with Crippen LogP contribution in [0.3, 0.4) is 0 Å². The summed E-state index contributed by atoms with van der Waals surface area (Å²) >= 11 is 4.34. The Morgan fingerprint density at radius 1 is 0.652 bits per heavy atom. The number of ether oxygens (including phenoxy) is 1. The first-order chi connectivity index (χ1) is 22.3. The third kappa shape index (κ3) is 7.48. The Balaban J connectivity index is 0.00000204. The zero-order chi connectivity index (χ0) is 32.7. The van der Waals surface area contributed by atoms with Crippen molar-refractivity contribution in [3.8, 4) is 39.4 Å². The summed E-state index contributed by atoms with van der Waals surface area (Å²) in [6.45, 7) is 6.60. The fraction of sp³-hybridized carbons (Fsp3) is 0.125. The van der Waals surface area contributed by atoms with Gasteiger partial charge in [0.2, 0.25) is 0 Å². The normalized spacial score (nSPS) is 11.4. The van der Waals surface area contributed by atoms with E-state index < -0.39 is 7.14 Å². The maximum absolute atomic E-state index is 14.9. The Morgan fingerprint density at radius 3 is 1.59 bits per heavy atom. The second-order valence-corrected chi connectivity index (χ2v) is 14.6. The Morgan fingerprint density at radius 2 is 1.15 bits per heavy atom. The SMILES string of the molecule is COc1c[c-]c(-c2cc(-c3ccc(P(=O)(c4ccccc4)c4ccccc4)cc3)cc(-c3[c-]cc(C(C)(C)C)cc3)n2)cc1.[I][Au]. The molecule has 0 spiro atoms. The number of halogens is 1. The molecular weight excluding hydrogens is 881 g/mol. The van der Waals surface area contributed by atoms with Crippen LogP contribution in [0.5, 0.6) is 5.75 Å². The van der Waals surface area contributed by atoms with Gasteiger partial charge in [0.05, 0.1) is 7.11 Å². The van der Waals surface area contributed by atoms with Crippen molar-refractivity contribution in [1.29, 1.82) is 0 Å². The number of aromatic nitrogens is 1. The standard InChI is InChI=1S/C40H34NO2P.Au.HI/c1-40(2,3)33-21-15-30(16-22-33)38-27-32(28-39(41-38)31-17-23-34(43-4)24-18-31)29-19-25-37(26-20-29)44(42,35-11-7-5-8-12-35)36-13-9-6-10-14-36;;/h5-15,17,19-28H,1-4H3;;1H/q-2;+1;/p-1. The van der Waals surface area contributed by atoms with Gasteiger partial charge in [-0.3, -0.25) is 0 Å². The van der Waals surface area contributed by atoms with Gasteiger partial charge in [-0.25, -0.2) is 0 Å². The van der Waals surface area contributed by atoms with Gasteiger partial charge in [0.25, 0.3) is 0 Å². The van der Waals surface area contributed by atoms with Gasteiger partial charge in [0.15, 0.2) is 7.14 Å². The first-order valence-electron chi connectivity index (χ1n) is 14.8. The van der Waals surface area contributed by atoms with Crippen molar-refractivity contribution in [2.24, 2.45) is 0 Å². The van der Waals surface area contributed by atoms with Crippen LogP contribution in [0.2, 0.25) is 0 Å². The minimum atomic E-state index is -3.06. The molecule has 0 unspecified atom stereocenters. The van der Waals surface area contributed by atoms with Gasteiger partial charge >= 0.3 is 36.3 Å². The summed E-state index contributed by atoms with van der Waals surface area (Å²) in [6.07, 6.45) is 0. The van der Waals surface area contributed by atoms with Crippen LogP contribution in [0.25, 0.3) is 33.6 Å². The summed E-state index contributed by atoms with van der Waals surface area (Å²) in [4.78, 5) is 5.04. The number of rotatable bonds is 7. The molecule has 5 aromatic carbocycles. The van der Waals surface area contributed by atoms with E-state index in [1.165, 1.54) is 5.56 Å². The average Bonchev–Trinajstić information content (AvgIpc) is 3.12. The van der Waals surface area contributed by atoms with E-state index in [0.717, 1.165) is 55.3 Å². The molecule has 0 N–H and O–H groups in total. The molecule has 6 aromatic rings. The van der Waals surface area contributed by atoms with Gasteiger partial charge < -0.3 is 14.3 Å². The van der Waals surface area contributed by atoms with E-state index >= 15 is 0 Å². The molecule has 46 heavy (non-hydrogen) atoms. The predicted octanol–water partition coefficient (Wildman–Crippen LogP) is 9.51. The zero-order valence-electron chi connectivity index (χ0n) is 26.1. The average molecular weight is 916 g/mol. The van der Waals surface area contributed by atoms with Crippen molar-refractivity contribution in [3.63, 3.8) is 0 Å². The van der Waals surface area contributed by atoms with Crippen LogP contribution in [0.1, 0.15) is 26.3 Å². The molecule has 0 aliphatic carbocycles. The van der Waals surface area contributed by atoms with Crippen LogP contribution in [0, 0.1) is 12.1 Å². The van der Waals surface area contributed by atoms with E-state index in [9.17, 15) is 4.57 Å². The topological polar surface area (TPSA) is 39.2 Å². The maximum atomic E-state index is 14.9. The number of nitrogens with zero attached hydrogens (tertiary/aromatic N) is 1. The summed E-state index contributed by atoms with van der Waals surface area (Å²) in [5.74, 6) is 0.744. The summed E-state index contributed by atoms with van der Waals surface area (Å²) < 4.78 is 20.2. The Labute approximate surface area is 295 Å². The van der Waals surface area contributed by atoms with Crippen LogP contribution in [-0.4, -0.2) is 12.1 Å². The van der Waals surface area contributed by atoms with Crippen LogP contribution in [0.4, 0.5) is 0 Å². The molecule has 6 rings (SSSR count). The molecule has 0 aliphatic rings. The van der Waals surface area contributed by atoms with Crippen molar-refractivity contribution in [3.05, 3.63) is 151 Å². The zero-order valence-corrected chi connectivity index (χ0v) is 31.3. The quantitative estimate of drug-likeness (QED) is 0.0694. The third-order valence-corrected chi connectivity index (χ3v) is 11.0. The van der Waals surface area contributed by atoms with Crippen molar-refractivity contribution in [2.75, 3.05) is 7.11 Å². The summed E-state index contributed by atoms with van der Waals surface area (Å²) in [7, 11) is -1.42. The van der Waals surface area contributed by atoms with Crippen LogP contribution in [-0.2, 0) is 27.2 Å². The molecule has 0 saturated carbocycles. The van der Waals surface area contributed by atoms with Crippen molar-refractivity contribution >= 4 is 42.1 Å². The predicted molar refractivity (Wildman–Crippen MR) is 197 cm³/mol. The van der Waals surface area contributed by atoms with Gasteiger partial charge in [-0.1, -0.05) is 118 Å². The van der Waals surface area contributed by atoms with E-state index in [-0.39, 0.29) is 5.41 Å². The van der Waals surface area contributed by atoms with Gasteiger partial charge in [0, 0.05) is 21.7 Å². The Kier molecular flexibility index (Phi) is 11.2. The number of methoxy groups -OCH3 is 1. The third-order valence-electron chi connectivity index (χ3n) is 7.88. The van der Waals surface area contributed by atoms with E-state index in [2.05, 4.69) is 112 Å². The van der Waals surface area contributed by atoms with Gasteiger partial charge in [-0.2, -0.15) is 0 Å². The van der Waals surface area contributed by atoms with Crippen molar-refractivity contribution in [1.82, 2.24) is 4.98 Å². The van der Waals surface area contributed by atoms with E-state index in [4.69, 9.17) is 9.72 Å². The number of benzene rings is 5. The number of pyridine rings is 1. The second kappa shape index (κ2) is 15.1. The van der Waals surface area contributed by atoms with Gasteiger partial charge in [0.1, 0.15) is 0 Å². The molecular formula is C40H34AuINO2P-2. The number of hydrogen-bond acceptors (Lipinski definition) is 3. The Bertz CT molecular complexity index is 1880. The van der Waals surface area contributed by atoms with Crippen molar-refractivity contribution < 1.29 is 26.6 Å². The fourth-order valence-electron chi connectivity index (χ4n) is 5.31. The molecule has 0 amide bonds. The van der Waals surface area contributed by atoms with Crippen molar-refractivity contribution in [2.45, 2.75) is 26.2 Å². The molecule has 0 fully saturated rings. The summed E-state index contributed by atoms with van der Waals surface area (Å²) in [5, 5.41) is 2.43. The van der Waals surface area contributed by atoms with Gasteiger partial charge in [-0.15, -0.1) is 65.2 Å². The molecule has 6 heteroatoms. The van der Waals surface area contributed by atoms with Gasteiger partial charge in [-0.05, 0) is 27.9 Å². The molecule has 0 bridgehead atoms. The van der Waals surface area contributed by atoms with E-state index in [0.29, 0.717) is 0 Å². The van der Waals surface area contributed by atoms with Crippen LogP contribution < -0.4 is 20.7 Å². The van der Waals surface area contributed by atoms with Crippen LogP contribution >= 0.6 is 26.2 Å². The molecule has 0 atom stereocenters. The molecule has 236 valence electrons. The molecule has 0 saturated heterocycles. The molecule has 3 nitrogen and oxygen atoms in total. The minimum absolute atomic E-state index is 0.0359. The summed E-state index contributed by atoms with van der Waals surface area (Å²) in [6, 6.07) is 50.6. The van der Waals surface area contributed by atoms with Crippen LogP contribution in [0.15, 0.2) is 133 Å². The molecule has 0 radical (unpaired) electrons. The monoisotopic (exact) mass is 915 g/mol. The second-order valence-electron chi connectivity index (χ2n) is 11.8. The Hall–Kier alpha value is -3.25. The number of hydrogen-bond donors (Lipinski definition) is 0. The first-order valence-corrected chi connectivity index (χ1v) is 22.7. The van der Waals surface area contributed by atoms with E-state index in [1.807, 2.05) is 91.0 Å².